The van der Waals surface area contributed by atoms with Gasteiger partial charge in [0.15, 0.2) is 0 Å². The molecule has 9 heteroatoms. The van der Waals surface area contributed by atoms with E-state index in [0.717, 1.165) is 18.4 Å². The summed E-state index contributed by atoms with van der Waals surface area (Å²) in [6.45, 7) is 23.6. The van der Waals surface area contributed by atoms with Crippen molar-refractivity contribution >= 4 is 24.1 Å². The highest BCUT2D eigenvalue weighted by Crippen LogP contribution is 2.22. The van der Waals surface area contributed by atoms with E-state index in [9.17, 15) is 19.2 Å². The number of nitrogens with zero attached hydrogens (tertiary/aromatic N) is 3. The molecule has 2 aliphatic heterocycles. The number of rotatable bonds is 10. The molecule has 2 fully saturated rings. The maximum Gasteiger partial charge on any atom is 0.249 e. The second kappa shape index (κ2) is 20.5. The van der Waals surface area contributed by atoms with Gasteiger partial charge in [-0.25, -0.2) is 0 Å². The van der Waals surface area contributed by atoms with Crippen molar-refractivity contribution in [3.8, 4) is 0 Å². The van der Waals surface area contributed by atoms with E-state index in [1.165, 1.54) is 37.3 Å². The van der Waals surface area contributed by atoms with E-state index >= 15 is 0 Å². The van der Waals surface area contributed by atoms with Gasteiger partial charge >= 0.3 is 0 Å². The van der Waals surface area contributed by atoms with E-state index in [0.29, 0.717) is 24.9 Å². The number of nitrogens with one attached hydrogen (secondary N) is 2. The lowest BCUT2D eigenvalue weighted by atomic mass is 9.99. The van der Waals surface area contributed by atoms with Crippen LogP contribution in [0, 0.1) is 11.8 Å². The number of hydrogen-bond donors (Lipinski definition) is 2. The Bertz CT molecular complexity index is 816. The molecule has 4 amide bonds. The number of amides is 4. The van der Waals surface area contributed by atoms with E-state index in [2.05, 4.69) is 50.2 Å². The molecular formula is C32H61N5O4. The van der Waals surface area contributed by atoms with Crippen molar-refractivity contribution in [2.75, 3.05) is 33.2 Å². The van der Waals surface area contributed by atoms with E-state index in [-0.39, 0.29) is 42.3 Å². The highest BCUT2D eigenvalue weighted by Gasteiger charge is 2.35. The van der Waals surface area contributed by atoms with Gasteiger partial charge in [0, 0.05) is 31.2 Å². The Morgan fingerprint density at radius 1 is 0.902 bits per heavy atom. The smallest absolute Gasteiger partial charge is 0.249 e. The fraction of sp³-hybridized carbons (Fsp3) is 0.812. The predicted molar refractivity (Wildman–Crippen MR) is 168 cm³/mol. The van der Waals surface area contributed by atoms with Gasteiger partial charge in [-0.05, 0) is 85.2 Å². The number of piperidine rings is 1. The Balaban J connectivity index is 0.00000101. The van der Waals surface area contributed by atoms with Crippen molar-refractivity contribution in [2.45, 2.75) is 126 Å². The lowest BCUT2D eigenvalue weighted by molar-refractivity contribution is -0.136. The summed E-state index contributed by atoms with van der Waals surface area (Å²) in [6.07, 6.45) is 7.98. The molecule has 0 radical (unpaired) electrons. The van der Waals surface area contributed by atoms with Gasteiger partial charge in [-0.2, -0.15) is 0 Å². The SMILES string of the molecule is C/C(=C\[C@H](C(C)C)N(C)C(=O)CNC=O)C(=O)N1CCCC1C(=O)NC(C)C.CC(C)C.CC(C)N1CCCCC1. The van der Waals surface area contributed by atoms with Crippen LogP contribution in [0.2, 0.25) is 0 Å². The minimum atomic E-state index is -0.452. The summed E-state index contributed by atoms with van der Waals surface area (Å²) in [5.74, 6) is 0.365. The van der Waals surface area contributed by atoms with E-state index in [4.69, 9.17) is 0 Å². The Morgan fingerprint density at radius 2 is 1.46 bits per heavy atom. The van der Waals surface area contributed by atoms with Crippen molar-refractivity contribution < 1.29 is 19.2 Å². The second-order valence-corrected chi connectivity index (χ2v) is 12.8. The highest BCUT2D eigenvalue weighted by molar-refractivity contribution is 5.97. The largest absolute Gasteiger partial charge is 0.352 e. The summed E-state index contributed by atoms with van der Waals surface area (Å²) < 4.78 is 0. The van der Waals surface area contributed by atoms with Crippen LogP contribution >= 0.6 is 0 Å². The van der Waals surface area contributed by atoms with Crippen molar-refractivity contribution in [1.29, 1.82) is 0 Å². The topological polar surface area (TPSA) is 102 Å². The molecule has 0 saturated carbocycles. The molecule has 0 aromatic carbocycles. The van der Waals surface area contributed by atoms with Crippen LogP contribution in [0.3, 0.4) is 0 Å². The Hall–Kier alpha value is -2.42. The van der Waals surface area contributed by atoms with Crippen molar-refractivity contribution in [3.63, 3.8) is 0 Å². The predicted octanol–water partition coefficient (Wildman–Crippen LogP) is 4.22. The molecule has 0 spiro atoms. The molecule has 9 nitrogen and oxygen atoms in total. The molecule has 2 heterocycles. The third-order valence-electron chi connectivity index (χ3n) is 6.99. The summed E-state index contributed by atoms with van der Waals surface area (Å²) in [6, 6.07) is 0.0410. The minimum Gasteiger partial charge on any atom is -0.352 e. The van der Waals surface area contributed by atoms with Gasteiger partial charge in [0.1, 0.15) is 6.04 Å². The molecule has 0 aliphatic carbocycles. The van der Waals surface area contributed by atoms with Crippen LogP contribution < -0.4 is 10.6 Å². The number of carbonyl (C=O) groups excluding carboxylic acids is 4. The molecule has 0 bridgehead atoms. The number of hydrogen-bond acceptors (Lipinski definition) is 5. The summed E-state index contributed by atoms with van der Waals surface area (Å²) >= 11 is 0. The van der Waals surface area contributed by atoms with Crippen molar-refractivity contribution in [3.05, 3.63) is 11.6 Å². The molecule has 2 aliphatic rings. The third kappa shape index (κ3) is 15.4. The molecule has 2 saturated heterocycles. The van der Waals surface area contributed by atoms with E-state index in [1.54, 1.807) is 24.9 Å². The average molecular weight is 580 g/mol. The molecular weight excluding hydrogens is 518 g/mol. The molecule has 0 aromatic heterocycles. The molecule has 0 aromatic rings. The Labute approximate surface area is 250 Å². The zero-order chi connectivity index (χ0) is 31.7. The van der Waals surface area contributed by atoms with Gasteiger partial charge in [0.25, 0.3) is 0 Å². The van der Waals surface area contributed by atoms with Gasteiger partial charge < -0.3 is 25.3 Å². The highest BCUT2D eigenvalue weighted by atomic mass is 16.2. The van der Waals surface area contributed by atoms with E-state index in [1.807, 2.05) is 27.7 Å². The summed E-state index contributed by atoms with van der Waals surface area (Å²) in [7, 11) is 1.66. The van der Waals surface area contributed by atoms with Crippen LogP contribution in [-0.4, -0.2) is 96.2 Å². The van der Waals surface area contributed by atoms with E-state index < -0.39 is 6.04 Å². The summed E-state index contributed by atoms with van der Waals surface area (Å²) in [5, 5.41) is 5.24. The Morgan fingerprint density at radius 3 is 1.90 bits per heavy atom. The first kappa shape index (κ1) is 38.6. The minimum absolute atomic E-state index is 0.0200. The average Bonchev–Trinajstić information content (AvgIpc) is 3.39. The molecule has 41 heavy (non-hydrogen) atoms. The lowest BCUT2D eigenvalue weighted by Crippen LogP contribution is -2.48. The van der Waals surface area contributed by atoms with Crippen molar-refractivity contribution in [1.82, 2.24) is 25.3 Å². The van der Waals surface area contributed by atoms with Crippen LogP contribution in [0.15, 0.2) is 11.6 Å². The third-order valence-corrected chi connectivity index (χ3v) is 6.99. The number of likely N-dealkylation sites (N-methyl/N-ethyl adjacent to an activating group) is 1. The van der Waals surface area contributed by atoms with Crippen LogP contribution in [-0.2, 0) is 19.2 Å². The fourth-order valence-corrected chi connectivity index (χ4v) is 4.82. The summed E-state index contributed by atoms with van der Waals surface area (Å²) in [5.41, 5.74) is 0.506. The summed E-state index contributed by atoms with van der Waals surface area (Å²) in [4.78, 5) is 53.8. The first-order chi connectivity index (χ1) is 19.1. The van der Waals surface area contributed by atoms with Crippen LogP contribution in [0.4, 0.5) is 0 Å². The zero-order valence-corrected chi connectivity index (χ0v) is 28.0. The van der Waals surface area contributed by atoms with Crippen LogP contribution in [0.25, 0.3) is 0 Å². The maximum atomic E-state index is 13.0. The second-order valence-electron chi connectivity index (χ2n) is 12.8. The first-order valence-electron chi connectivity index (χ1n) is 15.6. The van der Waals surface area contributed by atoms with Crippen molar-refractivity contribution in [2.24, 2.45) is 11.8 Å². The first-order valence-corrected chi connectivity index (χ1v) is 15.6. The van der Waals surface area contributed by atoms with Crippen LogP contribution in [0.1, 0.15) is 101 Å². The molecule has 2 atom stereocenters. The number of likely N-dealkylation sites (tertiary alicyclic amines) is 2. The molecule has 2 N–H and O–H groups in total. The molecule has 2 rings (SSSR count). The monoisotopic (exact) mass is 579 g/mol. The number of carbonyl (C=O) groups is 4. The molecule has 1 unspecified atom stereocenters. The lowest BCUT2D eigenvalue weighted by Gasteiger charge is -2.30. The van der Waals surface area contributed by atoms with Crippen LogP contribution in [0.5, 0.6) is 0 Å². The fourth-order valence-electron chi connectivity index (χ4n) is 4.82. The Kier molecular flexibility index (Phi) is 19.2. The molecule has 238 valence electrons. The normalized spacial score (nSPS) is 18.4. The van der Waals surface area contributed by atoms with Gasteiger partial charge in [-0.1, -0.05) is 47.1 Å². The standard InChI is InChI=1S/C20H34N4O4.C8H17N.C4H10/c1-13(2)17(23(6)18(26)11-21-12-25)10-15(5)20(28)24-9-7-8-16(24)19(27)22-14(3)4;1-8(2)9-6-4-3-5-7-9;1-4(2)3/h10,12-14,16-17H,7-9,11H2,1-6H3,(H,21,25)(H,22,27);8H,3-7H2,1-2H3;4H,1-3H3/b15-10+;;/t16?,17-;;/m1../s1. The quantitative estimate of drug-likeness (QED) is 0.298. The van der Waals surface area contributed by atoms with Gasteiger partial charge in [0.05, 0.1) is 12.6 Å². The maximum absolute atomic E-state index is 13.0. The van der Waals surface area contributed by atoms with Gasteiger partial charge in [0.2, 0.25) is 24.1 Å². The van der Waals surface area contributed by atoms with Gasteiger partial charge in [-0.3, -0.25) is 19.2 Å². The van der Waals surface area contributed by atoms with Gasteiger partial charge in [-0.15, -0.1) is 0 Å². The zero-order valence-electron chi connectivity index (χ0n) is 28.0.